The van der Waals surface area contributed by atoms with Crippen LogP contribution >= 0.6 is 0 Å². The van der Waals surface area contributed by atoms with Gasteiger partial charge in [0.25, 0.3) is 0 Å². The second kappa shape index (κ2) is 7.77. The second-order valence-corrected chi connectivity index (χ2v) is 5.99. The standard InChI is InChI=1S/C20H23N5/c1-25(2)16-9-7-15(8-10-16)18-14-19-17(6-5-13-22-19)20(24-18)23-12-4-3-11-21/h4-10,12-14H,3,11,21H2,1-2H3,(H,23,24). The monoisotopic (exact) mass is 333 g/mol. The number of nitrogens with two attached hydrogens (primary N) is 1. The van der Waals surface area contributed by atoms with Gasteiger partial charge in [-0.15, -0.1) is 0 Å². The van der Waals surface area contributed by atoms with Crippen molar-refractivity contribution in [3.8, 4) is 11.3 Å². The van der Waals surface area contributed by atoms with Crippen molar-refractivity contribution >= 4 is 22.4 Å². The molecule has 5 heteroatoms. The molecule has 25 heavy (non-hydrogen) atoms. The summed E-state index contributed by atoms with van der Waals surface area (Å²) in [6, 6.07) is 14.3. The molecule has 0 aliphatic rings. The minimum absolute atomic E-state index is 0.631. The molecule has 3 rings (SSSR count). The van der Waals surface area contributed by atoms with E-state index in [9.17, 15) is 0 Å². The smallest absolute Gasteiger partial charge is 0.140 e. The number of hydrogen-bond acceptors (Lipinski definition) is 5. The van der Waals surface area contributed by atoms with Gasteiger partial charge in [-0.1, -0.05) is 18.2 Å². The first kappa shape index (κ1) is 16.9. The number of rotatable bonds is 6. The summed E-state index contributed by atoms with van der Waals surface area (Å²) in [6.07, 6.45) is 6.52. The second-order valence-electron chi connectivity index (χ2n) is 5.99. The molecule has 0 amide bonds. The third-order valence-electron chi connectivity index (χ3n) is 3.95. The van der Waals surface area contributed by atoms with Crippen molar-refractivity contribution in [2.75, 3.05) is 30.9 Å². The summed E-state index contributed by atoms with van der Waals surface area (Å²) in [5, 5.41) is 4.26. The Balaban J connectivity index is 2.00. The van der Waals surface area contributed by atoms with E-state index in [2.05, 4.69) is 39.5 Å². The molecule has 0 atom stereocenters. The number of benzene rings is 1. The number of nitrogens with zero attached hydrogens (tertiary/aromatic N) is 3. The molecule has 0 saturated heterocycles. The number of fused-ring (bicyclic) bond motifs is 1. The average molecular weight is 333 g/mol. The molecule has 128 valence electrons. The first-order valence-corrected chi connectivity index (χ1v) is 8.34. The van der Waals surface area contributed by atoms with Crippen LogP contribution in [0.15, 0.2) is 60.9 Å². The molecule has 1 aromatic carbocycles. The Morgan fingerprint density at radius 2 is 1.96 bits per heavy atom. The summed E-state index contributed by atoms with van der Waals surface area (Å²) >= 11 is 0. The summed E-state index contributed by atoms with van der Waals surface area (Å²) in [5.41, 5.74) is 9.55. The Labute approximate surface area is 148 Å². The fourth-order valence-corrected chi connectivity index (χ4v) is 2.58. The van der Waals surface area contributed by atoms with Crippen LogP contribution in [0.25, 0.3) is 22.2 Å². The van der Waals surface area contributed by atoms with Crippen molar-refractivity contribution in [1.82, 2.24) is 9.97 Å². The highest BCUT2D eigenvalue weighted by Crippen LogP contribution is 2.27. The topological polar surface area (TPSA) is 67.1 Å². The Morgan fingerprint density at radius 3 is 2.68 bits per heavy atom. The Kier molecular flexibility index (Phi) is 5.26. The molecule has 5 nitrogen and oxygen atoms in total. The van der Waals surface area contributed by atoms with Crippen molar-refractivity contribution in [3.05, 3.63) is 60.9 Å². The van der Waals surface area contributed by atoms with E-state index in [1.807, 2.05) is 44.6 Å². The van der Waals surface area contributed by atoms with Crippen molar-refractivity contribution < 1.29 is 0 Å². The lowest BCUT2D eigenvalue weighted by molar-refractivity contribution is 1.01. The van der Waals surface area contributed by atoms with E-state index in [0.717, 1.165) is 40.1 Å². The van der Waals surface area contributed by atoms with Gasteiger partial charge in [0, 0.05) is 36.9 Å². The molecule has 2 aromatic heterocycles. The van der Waals surface area contributed by atoms with Gasteiger partial charge in [-0.05, 0) is 49.5 Å². The van der Waals surface area contributed by atoms with Gasteiger partial charge in [0.15, 0.2) is 0 Å². The predicted octanol–water partition coefficient (Wildman–Crippen LogP) is 3.64. The predicted molar refractivity (Wildman–Crippen MR) is 106 cm³/mol. The minimum Gasteiger partial charge on any atom is -0.378 e. The van der Waals surface area contributed by atoms with E-state index in [0.29, 0.717) is 6.54 Å². The summed E-state index contributed by atoms with van der Waals surface area (Å²) in [4.78, 5) is 11.4. The first-order chi connectivity index (χ1) is 12.2. The molecular weight excluding hydrogens is 310 g/mol. The molecule has 2 heterocycles. The molecule has 3 N–H and O–H groups in total. The highest BCUT2D eigenvalue weighted by Gasteiger charge is 2.08. The molecule has 0 bridgehead atoms. The fourth-order valence-electron chi connectivity index (χ4n) is 2.58. The van der Waals surface area contributed by atoms with Crippen LogP contribution in [0.5, 0.6) is 0 Å². The number of anilines is 2. The van der Waals surface area contributed by atoms with E-state index in [1.54, 1.807) is 6.20 Å². The molecule has 3 aromatic rings. The Bertz CT molecular complexity index is 869. The maximum Gasteiger partial charge on any atom is 0.140 e. The molecule has 0 radical (unpaired) electrons. The molecule has 0 aliphatic heterocycles. The van der Waals surface area contributed by atoms with Crippen molar-refractivity contribution in [3.63, 3.8) is 0 Å². The van der Waals surface area contributed by atoms with Crippen LogP contribution in [0.2, 0.25) is 0 Å². The quantitative estimate of drug-likeness (QED) is 0.721. The zero-order valence-corrected chi connectivity index (χ0v) is 14.6. The Morgan fingerprint density at radius 1 is 1.16 bits per heavy atom. The zero-order chi connectivity index (χ0) is 17.6. The number of hydrogen-bond donors (Lipinski definition) is 2. The Hall–Kier alpha value is -2.92. The minimum atomic E-state index is 0.631. The van der Waals surface area contributed by atoms with Crippen LogP contribution in [0.3, 0.4) is 0 Å². The summed E-state index contributed by atoms with van der Waals surface area (Å²) < 4.78 is 0. The van der Waals surface area contributed by atoms with Gasteiger partial charge in [0.2, 0.25) is 0 Å². The lowest BCUT2D eigenvalue weighted by atomic mass is 10.1. The first-order valence-electron chi connectivity index (χ1n) is 8.34. The number of nitrogens with one attached hydrogen (secondary N) is 1. The van der Waals surface area contributed by atoms with Crippen molar-refractivity contribution in [2.24, 2.45) is 5.73 Å². The molecule has 0 fully saturated rings. The van der Waals surface area contributed by atoms with Gasteiger partial charge < -0.3 is 16.0 Å². The summed E-state index contributed by atoms with van der Waals surface area (Å²) in [6.45, 7) is 0.631. The van der Waals surface area contributed by atoms with E-state index in [-0.39, 0.29) is 0 Å². The zero-order valence-electron chi connectivity index (χ0n) is 14.6. The normalized spacial score (nSPS) is 11.2. The maximum absolute atomic E-state index is 5.52. The van der Waals surface area contributed by atoms with Crippen LogP contribution in [-0.2, 0) is 0 Å². The van der Waals surface area contributed by atoms with Crippen molar-refractivity contribution in [2.45, 2.75) is 6.42 Å². The third kappa shape index (κ3) is 3.95. The fraction of sp³-hybridized carbons (Fsp3) is 0.200. The molecule has 0 saturated carbocycles. The highest BCUT2D eigenvalue weighted by atomic mass is 15.1. The number of pyridine rings is 2. The lowest BCUT2D eigenvalue weighted by Crippen LogP contribution is -2.08. The molecule has 0 spiro atoms. The molecule has 0 unspecified atom stereocenters. The van der Waals surface area contributed by atoms with Gasteiger partial charge in [0.05, 0.1) is 11.2 Å². The van der Waals surface area contributed by atoms with Crippen LogP contribution in [0, 0.1) is 0 Å². The SMILES string of the molecule is CN(C)c1ccc(-c2cc3ncccc3c(NC=CCCN)n2)cc1. The van der Waals surface area contributed by atoms with E-state index < -0.39 is 0 Å². The van der Waals surface area contributed by atoms with Gasteiger partial charge in [-0.3, -0.25) is 4.98 Å². The van der Waals surface area contributed by atoms with Crippen LogP contribution in [0.4, 0.5) is 11.5 Å². The average Bonchev–Trinajstić information content (AvgIpc) is 2.65. The summed E-state index contributed by atoms with van der Waals surface area (Å²) in [5.74, 6) is 0.797. The van der Waals surface area contributed by atoms with Gasteiger partial charge in [0.1, 0.15) is 5.82 Å². The van der Waals surface area contributed by atoms with Crippen molar-refractivity contribution in [1.29, 1.82) is 0 Å². The molecule has 0 aliphatic carbocycles. The van der Waals surface area contributed by atoms with Crippen LogP contribution in [0.1, 0.15) is 6.42 Å². The lowest BCUT2D eigenvalue weighted by Gasteiger charge is -2.13. The van der Waals surface area contributed by atoms with Gasteiger partial charge >= 0.3 is 0 Å². The summed E-state index contributed by atoms with van der Waals surface area (Å²) in [7, 11) is 4.06. The van der Waals surface area contributed by atoms with Gasteiger partial charge in [-0.25, -0.2) is 4.98 Å². The largest absolute Gasteiger partial charge is 0.378 e. The van der Waals surface area contributed by atoms with Crippen LogP contribution in [-0.4, -0.2) is 30.6 Å². The van der Waals surface area contributed by atoms with Crippen LogP contribution < -0.4 is 16.0 Å². The highest BCUT2D eigenvalue weighted by molar-refractivity contribution is 5.92. The van der Waals surface area contributed by atoms with E-state index >= 15 is 0 Å². The van der Waals surface area contributed by atoms with Gasteiger partial charge in [-0.2, -0.15) is 0 Å². The molecular formula is C20H23N5. The maximum atomic E-state index is 5.52. The van der Waals surface area contributed by atoms with E-state index in [1.165, 1.54) is 0 Å². The number of aromatic nitrogens is 2. The third-order valence-corrected chi connectivity index (χ3v) is 3.95. The van der Waals surface area contributed by atoms with E-state index in [4.69, 9.17) is 10.7 Å².